The van der Waals surface area contributed by atoms with Crippen LogP contribution in [-0.4, -0.2) is 22.0 Å². The summed E-state index contributed by atoms with van der Waals surface area (Å²) >= 11 is 0. The van der Waals surface area contributed by atoms with Crippen molar-refractivity contribution >= 4 is 16.9 Å². The smallest absolute Gasteiger partial charge is 0.224 e. The van der Waals surface area contributed by atoms with Crippen molar-refractivity contribution in [2.24, 2.45) is 0 Å². The molecular weight excluding hydrogens is 262 g/mol. The number of fused-ring (bicyclic) bond motifs is 1. The van der Waals surface area contributed by atoms with E-state index in [1.165, 1.54) is 12.8 Å². The van der Waals surface area contributed by atoms with Crippen molar-refractivity contribution in [3.8, 4) is 0 Å². The molecule has 0 radical (unpaired) electrons. The molecule has 0 spiro atoms. The number of rotatable bonds is 7. The second-order valence-electron chi connectivity index (χ2n) is 5.80. The normalized spacial score (nSPS) is 11.2. The standard InChI is InChI=1S/C17H25N3O/c1-4-5-6-9-18-17(21)11-14-7-8-16-15(10-14)19-12-20(16)13(2)3/h7-8,10,12-13H,4-6,9,11H2,1-3H3,(H,18,21). The van der Waals surface area contributed by atoms with Gasteiger partial charge in [-0.15, -0.1) is 0 Å². The summed E-state index contributed by atoms with van der Waals surface area (Å²) < 4.78 is 2.14. The number of aromatic nitrogens is 2. The molecule has 0 aliphatic carbocycles. The van der Waals surface area contributed by atoms with Gasteiger partial charge in [0, 0.05) is 12.6 Å². The van der Waals surface area contributed by atoms with E-state index in [0.29, 0.717) is 12.5 Å². The monoisotopic (exact) mass is 287 g/mol. The predicted molar refractivity (Wildman–Crippen MR) is 86.4 cm³/mol. The largest absolute Gasteiger partial charge is 0.356 e. The van der Waals surface area contributed by atoms with Crippen molar-refractivity contribution in [1.29, 1.82) is 0 Å². The van der Waals surface area contributed by atoms with E-state index in [0.717, 1.165) is 29.6 Å². The molecular formula is C17H25N3O. The number of hydrogen-bond donors (Lipinski definition) is 1. The molecule has 0 saturated heterocycles. The molecule has 0 fully saturated rings. The van der Waals surface area contributed by atoms with E-state index < -0.39 is 0 Å². The summed E-state index contributed by atoms with van der Waals surface area (Å²) in [5.41, 5.74) is 3.10. The summed E-state index contributed by atoms with van der Waals surface area (Å²) in [5, 5.41) is 2.97. The Morgan fingerprint density at radius 2 is 2.14 bits per heavy atom. The van der Waals surface area contributed by atoms with Crippen LogP contribution in [0.1, 0.15) is 51.6 Å². The molecule has 0 aliphatic rings. The van der Waals surface area contributed by atoms with E-state index >= 15 is 0 Å². The molecule has 21 heavy (non-hydrogen) atoms. The second kappa shape index (κ2) is 7.25. The number of hydrogen-bond acceptors (Lipinski definition) is 2. The lowest BCUT2D eigenvalue weighted by Crippen LogP contribution is -2.26. The number of carbonyl (C=O) groups excluding carboxylic acids is 1. The number of unbranched alkanes of at least 4 members (excludes halogenated alkanes) is 2. The molecule has 1 aromatic carbocycles. The van der Waals surface area contributed by atoms with E-state index in [1.54, 1.807) is 0 Å². The maximum atomic E-state index is 11.9. The van der Waals surface area contributed by atoms with Gasteiger partial charge in [0.2, 0.25) is 5.91 Å². The van der Waals surface area contributed by atoms with Crippen LogP contribution < -0.4 is 5.32 Å². The Bertz CT molecular complexity index is 601. The van der Waals surface area contributed by atoms with Gasteiger partial charge in [0.25, 0.3) is 0 Å². The number of amides is 1. The number of nitrogens with zero attached hydrogens (tertiary/aromatic N) is 2. The Hall–Kier alpha value is -1.84. The highest BCUT2D eigenvalue weighted by Gasteiger charge is 2.08. The number of imidazole rings is 1. The van der Waals surface area contributed by atoms with Gasteiger partial charge in [-0.05, 0) is 38.0 Å². The van der Waals surface area contributed by atoms with Crippen LogP contribution >= 0.6 is 0 Å². The van der Waals surface area contributed by atoms with E-state index in [9.17, 15) is 4.79 Å². The van der Waals surface area contributed by atoms with Gasteiger partial charge in [0.05, 0.1) is 23.8 Å². The number of nitrogens with one attached hydrogen (secondary N) is 1. The highest BCUT2D eigenvalue weighted by molar-refractivity contribution is 5.81. The molecule has 2 rings (SSSR count). The Morgan fingerprint density at radius 1 is 1.33 bits per heavy atom. The lowest BCUT2D eigenvalue weighted by atomic mass is 10.1. The zero-order chi connectivity index (χ0) is 15.2. The van der Waals surface area contributed by atoms with Gasteiger partial charge in [-0.1, -0.05) is 25.8 Å². The third-order valence-electron chi connectivity index (χ3n) is 3.66. The van der Waals surface area contributed by atoms with Gasteiger partial charge < -0.3 is 9.88 Å². The minimum atomic E-state index is 0.0914. The Kier molecular flexibility index (Phi) is 5.37. The van der Waals surface area contributed by atoms with Crippen LogP contribution in [0, 0.1) is 0 Å². The summed E-state index contributed by atoms with van der Waals surface area (Å²) in [5.74, 6) is 0.0914. The average Bonchev–Trinajstić information content (AvgIpc) is 2.87. The Labute approximate surface area is 126 Å². The zero-order valence-electron chi connectivity index (χ0n) is 13.2. The fourth-order valence-corrected chi connectivity index (χ4v) is 2.45. The molecule has 0 unspecified atom stereocenters. The highest BCUT2D eigenvalue weighted by atomic mass is 16.1. The van der Waals surface area contributed by atoms with E-state index in [4.69, 9.17) is 0 Å². The molecule has 1 amide bonds. The van der Waals surface area contributed by atoms with Gasteiger partial charge in [0.1, 0.15) is 0 Å². The van der Waals surface area contributed by atoms with Crippen molar-refractivity contribution in [3.63, 3.8) is 0 Å². The van der Waals surface area contributed by atoms with Gasteiger partial charge in [-0.25, -0.2) is 4.98 Å². The molecule has 2 aromatic rings. The van der Waals surface area contributed by atoms with Crippen LogP contribution in [0.4, 0.5) is 0 Å². The summed E-state index contributed by atoms with van der Waals surface area (Å²) in [6.45, 7) is 7.21. The molecule has 0 saturated carbocycles. The molecule has 1 N–H and O–H groups in total. The van der Waals surface area contributed by atoms with Gasteiger partial charge in [0.15, 0.2) is 0 Å². The maximum Gasteiger partial charge on any atom is 0.224 e. The number of benzene rings is 1. The lowest BCUT2D eigenvalue weighted by Gasteiger charge is -2.08. The van der Waals surface area contributed by atoms with Crippen LogP contribution in [0.5, 0.6) is 0 Å². The number of carbonyl (C=O) groups is 1. The Balaban J connectivity index is 1.98. The summed E-state index contributed by atoms with van der Waals surface area (Å²) in [7, 11) is 0. The van der Waals surface area contributed by atoms with E-state index in [2.05, 4.69) is 41.7 Å². The molecule has 0 atom stereocenters. The van der Waals surface area contributed by atoms with Gasteiger partial charge in [-0.2, -0.15) is 0 Å². The maximum absolute atomic E-state index is 11.9. The topological polar surface area (TPSA) is 46.9 Å². The highest BCUT2D eigenvalue weighted by Crippen LogP contribution is 2.19. The summed E-state index contributed by atoms with van der Waals surface area (Å²) in [6.07, 6.45) is 5.69. The fraction of sp³-hybridized carbons (Fsp3) is 0.529. The quantitative estimate of drug-likeness (QED) is 0.793. The first-order valence-corrected chi connectivity index (χ1v) is 7.84. The van der Waals surface area contributed by atoms with Crippen molar-refractivity contribution in [3.05, 3.63) is 30.1 Å². The fourth-order valence-electron chi connectivity index (χ4n) is 2.45. The van der Waals surface area contributed by atoms with Crippen molar-refractivity contribution in [2.45, 2.75) is 52.5 Å². The van der Waals surface area contributed by atoms with Crippen LogP contribution in [0.3, 0.4) is 0 Å². The summed E-state index contributed by atoms with van der Waals surface area (Å²) in [6, 6.07) is 6.49. The molecule has 1 aromatic heterocycles. The van der Waals surface area contributed by atoms with E-state index in [1.807, 2.05) is 18.5 Å². The van der Waals surface area contributed by atoms with Crippen molar-refractivity contribution in [1.82, 2.24) is 14.9 Å². The van der Waals surface area contributed by atoms with Crippen LogP contribution in [0.2, 0.25) is 0 Å². The van der Waals surface area contributed by atoms with Crippen LogP contribution in [0.25, 0.3) is 11.0 Å². The average molecular weight is 287 g/mol. The molecule has 4 nitrogen and oxygen atoms in total. The minimum Gasteiger partial charge on any atom is -0.356 e. The molecule has 0 bridgehead atoms. The van der Waals surface area contributed by atoms with E-state index in [-0.39, 0.29) is 5.91 Å². The molecule has 114 valence electrons. The van der Waals surface area contributed by atoms with Crippen LogP contribution in [-0.2, 0) is 11.2 Å². The lowest BCUT2D eigenvalue weighted by molar-refractivity contribution is -0.120. The summed E-state index contributed by atoms with van der Waals surface area (Å²) in [4.78, 5) is 16.3. The molecule has 4 heteroatoms. The van der Waals surface area contributed by atoms with Gasteiger partial charge in [-0.3, -0.25) is 4.79 Å². The third kappa shape index (κ3) is 4.06. The SMILES string of the molecule is CCCCCNC(=O)Cc1ccc2c(c1)ncn2C(C)C. The minimum absolute atomic E-state index is 0.0914. The van der Waals surface area contributed by atoms with Crippen molar-refractivity contribution in [2.75, 3.05) is 6.54 Å². The second-order valence-corrected chi connectivity index (χ2v) is 5.80. The molecule has 1 heterocycles. The molecule has 0 aliphatic heterocycles. The Morgan fingerprint density at radius 3 is 2.86 bits per heavy atom. The predicted octanol–water partition coefficient (Wildman–Crippen LogP) is 3.47. The van der Waals surface area contributed by atoms with Crippen LogP contribution in [0.15, 0.2) is 24.5 Å². The zero-order valence-corrected chi connectivity index (χ0v) is 13.2. The third-order valence-corrected chi connectivity index (χ3v) is 3.66. The van der Waals surface area contributed by atoms with Gasteiger partial charge >= 0.3 is 0 Å². The first-order valence-electron chi connectivity index (χ1n) is 7.84. The first-order chi connectivity index (χ1) is 10.1. The first kappa shape index (κ1) is 15.5. The van der Waals surface area contributed by atoms with Crippen molar-refractivity contribution < 1.29 is 4.79 Å².